The second-order valence-electron chi connectivity index (χ2n) is 7.19. The molecular formula is C24H24BrN3O2. The number of benzene rings is 3. The lowest BCUT2D eigenvalue weighted by Gasteiger charge is -2.20. The van der Waals surface area contributed by atoms with E-state index in [4.69, 9.17) is 0 Å². The Balaban J connectivity index is 1.82. The zero-order valence-electron chi connectivity index (χ0n) is 17.1. The Hall–Kier alpha value is -3.12. The molecule has 0 aliphatic heterocycles. The quantitative estimate of drug-likeness (QED) is 0.521. The van der Waals surface area contributed by atoms with Gasteiger partial charge in [0, 0.05) is 35.5 Å². The highest BCUT2D eigenvalue weighted by molar-refractivity contribution is 9.10. The molecule has 0 saturated carbocycles. The van der Waals surface area contributed by atoms with E-state index in [0.29, 0.717) is 16.8 Å². The van der Waals surface area contributed by atoms with Crippen molar-refractivity contribution in [2.75, 3.05) is 24.3 Å². The number of carbonyl (C=O) groups is 2. The Morgan fingerprint density at radius 3 is 2.20 bits per heavy atom. The predicted molar refractivity (Wildman–Crippen MR) is 125 cm³/mol. The standard InChI is InChI=1S/C24H24BrN3O2/c1-16(17-7-5-4-6-8-17)26-24(30)21-15-20(13-14-22(21)28(2)3)27-23(29)18-9-11-19(25)12-10-18/h4-16H,1-3H3,(H,26,30)(H,27,29). The van der Waals surface area contributed by atoms with Crippen molar-refractivity contribution >= 4 is 39.1 Å². The largest absolute Gasteiger partial charge is 0.377 e. The van der Waals surface area contributed by atoms with Crippen LogP contribution in [0, 0.1) is 0 Å². The first-order valence-corrected chi connectivity index (χ1v) is 10.4. The molecule has 30 heavy (non-hydrogen) atoms. The topological polar surface area (TPSA) is 61.4 Å². The summed E-state index contributed by atoms with van der Waals surface area (Å²) in [6.07, 6.45) is 0. The van der Waals surface area contributed by atoms with Gasteiger partial charge in [-0.15, -0.1) is 0 Å². The number of hydrogen-bond acceptors (Lipinski definition) is 3. The lowest BCUT2D eigenvalue weighted by Crippen LogP contribution is -2.28. The Labute approximate surface area is 185 Å². The molecule has 3 aromatic rings. The van der Waals surface area contributed by atoms with Crippen molar-refractivity contribution < 1.29 is 9.59 Å². The highest BCUT2D eigenvalue weighted by atomic mass is 79.9. The van der Waals surface area contributed by atoms with Gasteiger partial charge in [-0.1, -0.05) is 46.3 Å². The number of anilines is 2. The van der Waals surface area contributed by atoms with E-state index in [0.717, 1.165) is 15.7 Å². The van der Waals surface area contributed by atoms with Crippen LogP contribution in [0.15, 0.2) is 77.3 Å². The van der Waals surface area contributed by atoms with Crippen LogP contribution in [0.1, 0.15) is 39.2 Å². The van der Waals surface area contributed by atoms with E-state index in [1.54, 1.807) is 24.3 Å². The van der Waals surface area contributed by atoms with Crippen LogP contribution in [-0.2, 0) is 0 Å². The van der Waals surface area contributed by atoms with E-state index in [1.807, 2.05) is 74.4 Å². The molecule has 1 atom stereocenters. The van der Waals surface area contributed by atoms with Gasteiger partial charge in [0.25, 0.3) is 11.8 Å². The van der Waals surface area contributed by atoms with Crippen LogP contribution in [0.25, 0.3) is 0 Å². The first-order valence-electron chi connectivity index (χ1n) is 9.59. The summed E-state index contributed by atoms with van der Waals surface area (Å²) in [5.41, 5.74) is 3.40. The van der Waals surface area contributed by atoms with Gasteiger partial charge >= 0.3 is 0 Å². The summed E-state index contributed by atoms with van der Waals surface area (Å²) in [7, 11) is 3.76. The zero-order chi connectivity index (χ0) is 21.7. The van der Waals surface area contributed by atoms with E-state index in [-0.39, 0.29) is 17.9 Å². The predicted octanol–water partition coefficient (Wildman–Crippen LogP) is 5.26. The van der Waals surface area contributed by atoms with Crippen LogP contribution in [0.4, 0.5) is 11.4 Å². The molecule has 3 rings (SSSR count). The third kappa shape index (κ3) is 5.27. The highest BCUT2D eigenvalue weighted by Crippen LogP contribution is 2.25. The minimum absolute atomic E-state index is 0.144. The van der Waals surface area contributed by atoms with Crippen LogP contribution < -0.4 is 15.5 Å². The second-order valence-corrected chi connectivity index (χ2v) is 8.11. The molecule has 0 aromatic heterocycles. The number of nitrogens with one attached hydrogen (secondary N) is 2. The number of nitrogens with zero attached hydrogens (tertiary/aromatic N) is 1. The fourth-order valence-corrected chi connectivity index (χ4v) is 3.35. The molecule has 0 spiro atoms. The highest BCUT2D eigenvalue weighted by Gasteiger charge is 2.17. The molecule has 2 amide bonds. The van der Waals surface area contributed by atoms with Gasteiger partial charge in [-0.2, -0.15) is 0 Å². The lowest BCUT2D eigenvalue weighted by atomic mass is 10.1. The summed E-state index contributed by atoms with van der Waals surface area (Å²) >= 11 is 3.36. The fourth-order valence-electron chi connectivity index (χ4n) is 3.09. The van der Waals surface area contributed by atoms with Gasteiger partial charge in [0.2, 0.25) is 0 Å². The van der Waals surface area contributed by atoms with E-state index < -0.39 is 0 Å². The maximum absolute atomic E-state index is 13.0. The van der Waals surface area contributed by atoms with Crippen molar-refractivity contribution in [3.63, 3.8) is 0 Å². The minimum atomic E-state index is -0.232. The average molecular weight is 466 g/mol. The summed E-state index contributed by atoms with van der Waals surface area (Å²) in [6.45, 7) is 1.95. The van der Waals surface area contributed by atoms with Gasteiger partial charge in [0.1, 0.15) is 0 Å². The van der Waals surface area contributed by atoms with Crippen LogP contribution in [0.5, 0.6) is 0 Å². The van der Waals surface area contributed by atoms with Crippen molar-refractivity contribution in [3.05, 3.63) is 94.0 Å². The lowest BCUT2D eigenvalue weighted by molar-refractivity contribution is 0.0939. The van der Waals surface area contributed by atoms with E-state index in [9.17, 15) is 9.59 Å². The summed E-state index contributed by atoms with van der Waals surface area (Å²) in [5, 5.41) is 5.91. The third-order valence-corrected chi connectivity index (χ3v) is 5.26. The molecular weight excluding hydrogens is 442 g/mol. The molecule has 0 heterocycles. The van der Waals surface area contributed by atoms with Crippen molar-refractivity contribution in [2.24, 2.45) is 0 Å². The molecule has 3 aromatic carbocycles. The first kappa shape index (κ1) is 21.6. The van der Waals surface area contributed by atoms with E-state index in [1.165, 1.54) is 0 Å². The van der Waals surface area contributed by atoms with Crippen LogP contribution >= 0.6 is 15.9 Å². The molecule has 0 aliphatic rings. The molecule has 154 valence electrons. The maximum atomic E-state index is 13.0. The normalized spacial score (nSPS) is 11.5. The summed E-state index contributed by atoms with van der Waals surface area (Å²) < 4.78 is 0.904. The minimum Gasteiger partial charge on any atom is -0.377 e. The molecule has 6 heteroatoms. The molecule has 0 fully saturated rings. The van der Waals surface area contributed by atoms with Gasteiger partial charge in [0.15, 0.2) is 0 Å². The number of amides is 2. The molecule has 0 aliphatic carbocycles. The molecule has 5 nitrogen and oxygen atoms in total. The van der Waals surface area contributed by atoms with Crippen LogP contribution in [0.3, 0.4) is 0 Å². The van der Waals surface area contributed by atoms with Gasteiger partial charge in [-0.3, -0.25) is 9.59 Å². The van der Waals surface area contributed by atoms with Gasteiger partial charge in [-0.25, -0.2) is 0 Å². The van der Waals surface area contributed by atoms with Crippen molar-refractivity contribution in [1.82, 2.24) is 5.32 Å². The Bertz CT molecular complexity index is 1030. The van der Waals surface area contributed by atoms with Crippen LogP contribution in [0.2, 0.25) is 0 Å². The van der Waals surface area contributed by atoms with Gasteiger partial charge in [-0.05, 0) is 55.0 Å². The molecule has 0 radical (unpaired) electrons. The van der Waals surface area contributed by atoms with E-state index in [2.05, 4.69) is 26.6 Å². The van der Waals surface area contributed by atoms with Crippen molar-refractivity contribution in [1.29, 1.82) is 0 Å². The Morgan fingerprint density at radius 2 is 1.57 bits per heavy atom. The van der Waals surface area contributed by atoms with Gasteiger partial charge in [0.05, 0.1) is 11.6 Å². The SMILES string of the molecule is CC(NC(=O)c1cc(NC(=O)c2ccc(Br)cc2)ccc1N(C)C)c1ccccc1. The molecule has 0 bridgehead atoms. The molecule has 1 unspecified atom stereocenters. The summed E-state index contributed by atoms with van der Waals surface area (Å²) in [4.78, 5) is 27.5. The van der Waals surface area contributed by atoms with Gasteiger partial charge < -0.3 is 15.5 Å². The smallest absolute Gasteiger partial charge is 0.255 e. The van der Waals surface area contributed by atoms with Crippen molar-refractivity contribution in [2.45, 2.75) is 13.0 Å². The number of halogens is 1. The molecule has 0 saturated heterocycles. The number of rotatable bonds is 6. The molecule has 2 N–H and O–H groups in total. The second kappa shape index (κ2) is 9.59. The fraction of sp³-hybridized carbons (Fsp3) is 0.167. The Kier molecular flexibility index (Phi) is 6.90. The summed E-state index contributed by atoms with van der Waals surface area (Å²) in [6, 6.07) is 22.1. The maximum Gasteiger partial charge on any atom is 0.255 e. The average Bonchev–Trinajstić information content (AvgIpc) is 2.74. The summed E-state index contributed by atoms with van der Waals surface area (Å²) in [5.74, 6) is -0.432. The van der Waals surface area contributed by atoms with Crippen molar-refractivity contribution in [3.8, 4) is 0 Å². The number of hydrogen-bond donors (Lipinski definition) is 2. The zero-order valence-corrected chi connectivity index (χ0v) is 18.7. The monoisotopic (exact) mass is 465 g/mol. The van der Waals surface area contributed by atoms with Crippen LogP contribution in [-0.4, -0.2) is 25.9 Å². The van der Waals surface area contributed by atoms with E-state index >= 15 is 0 Å². The first-order chi connectivity index (χ1) is 14.3. The third-order valence-electron chi connectivity index (χ3n) is 4.73. The Morgan fingerprint density at radius 1 is 0.900 bits per heavy atom. The number of carbonyl (C=O) groups excluding carboxylic acids is 2.